The van der Waals surface area contributed by atoms with E-state index in [1.807, 2.05) is 24.3 Å². The predicted molar refractivity (Wildman–Crippen MR) is 94.3 cm³/mol. The molecular weight excluding hydrogens is 346 g/mol. The summed E-state index contributed by atoms with van der Waals surface area (Å²) in [6.45, 7) is 2.40. The largest absolute Gasteiger partial charge is 0.502 e. The lowest BCUT2D eigenvalue weighted by atomic mass is 10.1. The van der Waals surface area contributed by atoms with Gasteiger partial charge >= 0.3 is 5.69 Å². The molecule has 0 spiro atoms. The number of carbonyl (C=O) groups is 1. The smallest absolute Gasteiger partial charge is 0.310 e. The number of anilines is 1. The molecule has 0 radical (unpaired) electrons. The molecule has 0 aromatic heterocycles. The highest BCUT2D eigenvalue weighted by Gasteiger charge is 2.24. The summed E-state index contributed by atoms with van der Waals surface area (Å²) in [5, 5.41) is 21.1. The standard InChI is InChI=1S/C17H16ClN3O4/c18-13-2-4-14(5-3-13)19-7-9-20(10-8-19)17(23)12-1-6-15(21(24)25)16(22)11-12/h1-6,11,22H,7-10H2. The van der Waals surface area contributed by atoms with E-state index in [1.165, 1.54) is 6.07 Å². The molecule has 1 aliphatic heterocycles. The molecule has 1 saturated heterocycles. The second-order valence-electron chi connectivity index (χ2n) is 5.72. The number of nitrogens with zero attached hydrogens (tertiary/aromatic N) is 3. The number of aromatic hydroxyl groups is 1. The van der Waals surface area contributed by atoms with Crippen molar-refractivity contribution in [3.63, 3.8) is 0 Å². The lowest BCUT2D eigenvalue weighted by Crippen LogP contribution is -2.48. The van der Waals surface area contributed by atoms with Crippen molar-refractivity contribution in [1.82, 2.24) is 4.90 Å². The number of piperazine rings is 1. The fourth-order valence-corrected chi connectivity index (χ4v) is 2.94. The number of rotatable bonds is 3. The fourth-order valence-electron chi connectivity index (χ4n) is 2.81. The SMILES string of the molecule is O=C(c1ccc([N+](=O)[O-])c(O)c1)N1CCN(c2ccc(Cl)cc2)CC1. The van der Waals surface area contributed by atoms with Gasteiger partial charge in [0.15, 0.2) is 5.75 Å². The molecule has 1 fully saturated rings. The summed E-state index contributed by atoms with van der Waals surface area (Å²) in [4.78, 5) is 26.4. The molecule has 0 saturated carbocycles. The second-order valence-corrected chi connectivity index (χ2v) is 6.15. The van der Waals surface area contributed by atoms with Crippen molar-refractivity contribution in [3.05, 3.63) is 63.2 Å². The quantitative estimate of drug-likeness (QED) is 0.671. The minimum Gasteiger partial charge on any atom is -0.502 e. The van der Waals surface area contributed by atoms with E-state index in [0.717, 1.165) is 17.8 Å². The van der Waals surface area contributed by atoms with Crippen LogP contribution in [-0.2, 0) is 0 Å². The Morgan fingerprint density at radius 2 is 1.72 bits per heavy atom. The van der Waals surface area contributed by atoms with Crippen LogP contribution in [0.2, 0.25) is 5.02 Å². The zero-order valence-electron chi connectivity index (χ0n) is 13.3. The molecule has 130 valence electrons. The van der Waals surface area contributed by atoms with Gasteiger partial charge in [-0.15, -0.1) is 0 Å². The lowest BCUT2D eigenvalue weighted by Gasteiger charge is -2.36. The second kappa shape index (κ2) is 6.98. The van der Waals surface area contributed by atoms with Gasteiger partial charge in [0.05, 0.1) is 4.92 Å². The molecule has 2 aromatic carbocycles. The number of phenolic OH excluding ortho intramolecular Hbond substituents is 1. The topological polar surface area (TPSA) is 86.9 Å². The monoisotopic (exact) mass is 361 g/mol. The molecule has 0 unspecified atom stereocenters. The minimum atomic E-state index is -0.686. The predicted octanol–water partition coefficient (Wildman–Crippen LogP) is 2.92. The third kappa shape index (κ3) is 3.66. The van der Waals surface area contributed by atoms with Gasteiger partial charge in [-0.3, -0.25) is 14.9 Å². The molecule has 0 aliphatic carbocycles. The Morgan fingerprint density at radius 3 is 2.28 bits per heavy atom. The van der Waals surface area contributed by atoms with Gasteiger partial charge in [-0.2, -0.15) is 0 Å². The van der Waals surface area contributed by atoms with Crippen LogP contribution in [0.5, 0.6) is 5.75 Å². The van der Waals surface area contributed by atoms with E-state index in [9.17, 15) is 20.0 Å². The van der Waals surface area contributed by atoms with E-state index < -0.39 is 16.4 Å². The molecule has 1 N–H and O–H groups in total. The molecule has 1 aliphatic rings. The zero-order valence-corrected chi connectivity index (χ0v) is 14.0. The number of amides is 1. The van der Waals surface area contributed by atoms with Gasteiger partial charge in [0.1, 0.15) is 0 Å². The van der Waals surface area contributed by atoms with Gasteiger partial charge in [0.25, 0.3) is 5.91 Å². The van der Waals surface area contributed by atoms with Gasteiger partial charge in [0, 0.05) is 48.5 Å². The summed E-state index contributed by atoms with van der Waals surface area (Å²) < 4.78 is 0. The number of benzene rings is 2. The third-order valence-corrected chi connectivity index (χ3v) is 4.43. The van der Waals surface area contributed by atoms with E-state index in [4.69, 9.17) is 11.6 Å². The summed E-state index contributed by atoms with van der Waals surface area (Å²) in [6.07, 6.45) is 0. The Morgan fingerprint density at radius 1 is 1.08 bits per heavy atom. The molecule has 0 atom stereocenters. The summed E-state index contributed by atoms with van der Waals surface area (Å²) in [6, 6.07) is 11.2. The summed E-state index contributed by atoms with van der Waals surface area (Å²) in [7, 11) is 0. The first-order valence-corrected chi connectivity index (χ1v) is 8.10. The van der Waals surface area contributed by atoms with Crippen molar-refractivity contribution < 1.29 is 14.8 Å². The Bertz CT molecular complexity index is 802. The maximum atomic E-state index is 12.5. The Labute approximate surface area is 149 Å². The maximum Gasteiger partial charge on any atom is 0.310 e. The fraction of sp³-hybridized carbons (Fsp3) is 0.235. The highest BCUT2D eigenvalue weighted by atomic mass is 35.5. The summed E-state index contributed by atoms with van der Waals surface area (Å²) >= 11 is 5.89. The summed E-state index contributed by atoms with van der Waals surface area (Å²) in [5.74, 6) is -0.753. The van der Waals surface area contributed by atoms with Gasteiger partial charge in [-0.1, -0.05) is 11.6 Å². The number of hydrogen-bond acceptors (Lipinski definition) is 5. The van der Waals surface area contributed by atoms with Crippen LogP contribution < -0.4 is 4.90 Å². The highest BCUT2D eigenvalue weighted by molar-refractivity contribution is 6.30. The molecule has 0 bridgehead atoms. The molecule has 1 heterocycles. The van der Waals surface area contributed by atoms with Crippen molar-refractivity contribution >= 4 is 28.9 Å². The van der Waals surface area contributed by atoms with Gasteiger partial charge < -0.3 is 14.9 Å². The zero-order chi connectivity index (χ0) is 18.0. The van der Waals surface area contributed by atoms with Gasteiger partial charge in [-0.25, -0.2) is 0 Å². The number of halogens is 1. The number of nitro benzene ring substituents is 1. The highest BCUT2D eigenvalue weighted by Crippen LogP contribution is 2.27. The van der Waals surface area contributed by atoms with Crippen molar-refractivity contribution in [3.8, 4) is 5.75 Å². The van der Waals surface area contributed by atoms with Crippen LogP contribution in [-0.4, -0.2) is 47.0 Å². The lowest BCUT2D eigenvalue weighted by molar-refractivity contribution is -0.385. The normalized spacial score (nSPS) is 14.4. The van der Waals surface area contributed by atoms with E-state index in [0.29, 0.717) is 31.2 Å². The van der Waals surface area contributed by atoms with E-state index in [1.54, 1.807) is 4.90 Å². The van der Waals surface area contributed by atoms with Crippen LogP contribution in [0.3, 0.4) is 0 Å². The van der Waals surface area contributed by atoms with Crippen molar-refractivity contribution in [2.24, 2.45) is 0 Å². The van der Waals surface area contributed by atoms with Crippen molar-refractivity contribution in [2.75, 3.05) is 31.1 Å². The van der Waals surface area contributed by atoms with Crippen LogP contribution in [0.25, 0.3) is 0 Å². The Balaban J connectivity index is 1.66. The maximum absolute atomic E-state index is 12.5. The average molecular weight is 362 g/mol. The number of carbonyl (C=O) groups excluding carboxylic acids is 1. The van der Waals surface area contributed by atoms with Gasteiger partial charge in [0.2, 0.25) is 0 Å². The van der Waals surface area contributed by atoms with Gasteiger partial charge in [-0.05, 0) is 36.4 Å². The van der Waals surface area contributed by atoms with Crippen molar-refractivity contribution in [1.29, 1.82) is 0 Å². The van der Waals surface area contributed by atoms with Crippen molar-refractivity contribution in [2.45, 2.75) is 0 Å². The first-order valence-electron chi connectivity index (χ1n) is 7.73. The van der Waals surface area contributed by atoms with E-state index >= 15 is 0 Å². The molecule has 3 rings (SSSR count). The van der Waals surface area contributed by atoms with E-state index in [-0.39, 0.29) is 11.5 Å². The minimum absolute atomic E-state index is 0.239. The molecular formula is C17H16ClN3O4. The first-order chi connectivity index (χ1) is 12.0. The van der Waals surface area contributed by atoms with E-state index in [2.05, 4.69) is 4.90 Å². The van der Waals surface area contributed by atoms with Crippen LogP contribution in [0.1, 0.15) is 10.4 Å². The number of hydrogen-bond donors (Lipinski definition) is 1. The Kier molecular flexibility index (Phi) is 4.76. The Hall–Kier alpha value is -2.80. The molecule has 2 aromatic rings. The molecule has 1 amide bonds. The first kappa shape index (κ1) is 17.0. The van der Waals surface area contributed by atoms with Crippen LogP contribution >= 0.6 is 11.6 Å². The molecule has 25 heavy (non-hydrogen) atoms. The van der Waals surface area contributed by atoms with Crippen LogP contribution in [0.4, 0.5) is 11.4 Å². The third-order valence-electron chi connectivity index (χ3n) is 4.18. The number of nitro groups is 1. The molecule has 7 nitrogen and oxygen atoms in total. The van der Waals surface area contributed by atoms with Crippen LogP contribution in [0, 0.1) is 10.1 Å². The summed E-state index contributed by atoms with van der Waals surface area (Å²) in [5.41, 5.74) is 0.872. The van der Waals surface area contributed by atoms with Crippen LogP contribution in [0.15, 0.2) is 42.5 Å². The average Bonchev–Trinajstić information content (AvgIpc) is 2.61. The number of phenols is 1. The molecule has 8 heteroatoms.